The smallest absolute Gasteiger partial charge is 0.267 e. The summed E-state index contributed by atoms with van der Waals surface area (Å²) in [6.07, 6.45) is 2.21. The van der Waals surface area contributed by atoms with Gasteiger partial charge in [0.15, 0.2) is 0 Å². The molecule has 6 heteroatoms. The number of nitrogens with zero attached hydrogens (tertiary/aromatic N) is 3. The SMILES string of the molecule is CCn1ncc(S(=O)(=O)N2CCc3ccccc32)c1C. The highest BCUT2D eigenvalue weighted by molar-refractivity contribution is 7.92. The number of aromatic nitrogens is 2. The summed E-state index contributed by atoms with van der Waals surface area (Å²) in [5, 5.41) is 4.14. The number of para-hydroxylation sites is 1. The van der Waals surface area contributed by atoms with Crippen LogP contribution in [0.2, 0.25) is 0 Å². The first-order valence-electron chi connectivity index (χ1n) is 6.68. The summed E-state index contributed by atoms with van der Waals surface area (Å²) in [5.41, 5.74) is 2.56. The third-order valence-electron chi connectivity index (χ3n) is 3.77. The van der Waals surface area contributed by atoms with E-state index in [2.05, 4.69) is 5.10 Å². The number of anilines is 1. The molecule has 3 rings (SSSR count). The molecule has 0 radical (unpaired) electrons. The second-order valence-electron chi connectivity index (χ2n) is 4.87. The van der Waals surface area contributed by atoms with Crippen LogP contribution in [0.15, 0.2) is 35.4 Å². The van der Waals surface area contributed by atoms with Crippen molar-refractivity contribution in [2.24, 2.45) is 0 Å². The van der Waals surface area contributed by atoms with E-state index >= 15 is 0 Å². The lowest BCUT2D eigenvalue weighted by Crippen LogP contribution is -2.29. The van der Waals surface area contributed by atoms with Gasteiger partial charge in [0.2, 0.25) is 0 Å². The summed E-state index contributed by atoms with van der Waals surface area (Å²) in [6.45, 7) is 4.91. The second-order valence-corrected chi connectivity index (χ2v) is 6.70. The molecule has 2 aromatic rings. The van der Waals surface area contributed by atoms with Gasteiger partial charge in [0.05, 0.1) is 17.6 Å². The van der Waals surface area contributed by atoms with E-state index in [9.17, 15) is 8.42 Å². The lowest BCUT2D eigenvalue weighted by molar-refractivity contribution is 0.590. The first-order chi connectivity index (χ1) is 9.55. The Labute approximate surface area is 118 Å². The molecule has 1 aliphatic heterocycles. The Balaban J connectivity index is 2.08. The number of hydrogen-bond acceptors (Lipinski definition) is 3. The summed E-state index contributed by atoms with van der Waals surface area (Å²) in [7, 11) is -3.52. The van der Waals surface area contributed by atoms with Gasteiger partial charge in [-0.3, -0.25) is 8.99 Å². The van der Waals surface area contributed by atoms with Crippen molar-refractivity contribution in [2.75, 3.05) is 10.8 Å². The molecule has 106 valence electrons. The van der Waals surface area contributed by atoms with Crippen molar-refractivity contribution >= 4 is 15.7 Å². The molecule has 0 unspecified atom stereocenters. The van der Waals surface area contributed by atoms with Crippen molar-refractivity contribution in [3.8, 4) is 0 Å². The largest absolute Gasteiger partial charge is 0.269 e. The Morgan fingerprint density at radius 3 is 2.75 bits per heavy atom. The van der Waals surface area contributed by atoms with Crippen LogP contribution in [-0.2, 0) is 23.0 Å². The minimum absolute atomic E-state index is 0.302. The van der Waals surface area contributed by atoms with E-state index in [1.165, 1.54) is 10.5 Å². The maximum Gasteiger partial charge on any atom is 0.267 e. The Hall–Kier alpha value is -1.82. The quantitative estimate of drug-likeness (QED) is 0.868. The number of sulfonamides is 1. The van der Waals surface area contributed by atoms with Gasteiger partial charge in [0.25, 0.3) is 10.0 Å². The number of hydrogen-bond donors (Lipinski definition) is 0. The number of fused-ring (bicyclic) bond motifs is 1. The zero-order valence-corrected chi connectivity index (χ0v) is 12.4. The number of rotatable bonds is 3. The van der Waals surface area contributed by atoms with Crippen LogP contribution in [-0.4, -0.2) is 24.7 Å². The van der Waals surface area contributed by atoms with E-state index in [0.717, 1.165) is 17.7 Å². The Kier molecular flexibility index (Phi) is 3.05. The fraction of sp³-hybridized carbons (Fsp3) is 0.357. The average Bonchev–Trinajstić information content (AvgIpc) is 3.02. The first kappa shape index (κ1) is 13.2. The zero-order chi connectivity index (χ0) is 14.3. The van der Waals surface area contributed by atoms with Crippen LogP contribution in [0.1, 0.15) is 18.2 Å². The summed E-state index contributed by atoms with van der Waals surface area (Å²) in [5.74, 6) is 0. The lowest BCUT2D eigenvalue weighted by atomic mass is 10.2. The predicted octanol–water partition coefficient (Wildman–Crippen LogP) is 1.96. The Morgan fingerprint density at radius 2 is 2.05 bits per heavy atom. The van der Waals surface area contributed by atoms with E-state index in [0.29, 0.717) is 23.7 Å². The highest BCUT2D eigenvalue weighted by atomic mass is 32.2. The third kappa shape index (κ3) is 1.83. The number of benzene rings is 1. The molecular formula is C14H17N3O2S. The van der Waals surface area contributed by atoms with E-state index in [4.69, 9.17) is 0 Å². The van der Waals surface area contributed by atoms with E-state index in [-0.39, 0.29) is 0 Å². The van der Waals surface area contributed by atoms with Gasteiger partial charge in [-0.05, 0) is 31.9 Å². The van der Waals surface area contributed by atoms with Crippen molar-refractivity contribution in [1.82, 2.24) is 9.78 Å². The Bertz CT molecular complexity index is 750. The summed E-state index contributed by atoms with van der Waals surface area (Å²) >= 11 is 0. The summed E-state index contributed by atoms with van der Waals surface area (Å²) in [6, 6.07) is 7.65. The highest BCUT2D eigenvalue weighted by Gasteiger charge is 2.32. The molecule has 0 N–H and O–H groups in total. The molecule has 1 aromatic heterocycles. The summed E-state index contributed by atoms with van der Waals surface area (Å²) in [4.78, 5) is 0.302. The lowest BCUT2D eigenvalue weighted by Gasteiger charge is -2.19. The average molecular weight is 291 g/mol. The van der Waals surface area contributed by atoms with Gasteiger partial charge in [-0.15, -0.1) is 0 Å². The molecule has 2 heterocycles. The van der Waals surface area contributed by atoms with Crippen LogP contribution >= 0.6 is 0 Å². The van der Waals surface area contributed by atoms with Gasteiger partial charge < -0.3 is 0 Å². The van der Waals surface area contributed by atoms with E-state index in [1.54, 1.807) is 11.6 Å². The summed E-state index contributed by atoms with van der Waals surface area (Å²) < 4.78 is 28.8. The normalized spacial score (nSPS) is 14.6. The molecule has 0 saturated carbocycles. The molecule has 1 aromatic carbocycles. The van der Waals surface area contributed by atoms with E-state index in [1.807, 2.05) is 31.2 Å². The molecule has 0 aliphatic carbocycles. The van der Waals surface area contributed by atoms with E-state index < -0.39 is 10.0 Å². The topological polar surface area (TPSA) is 55.2 Å². The van der Waals surface area contributed by atoms with Gasteiger partial charge >= 0.3 is 0 Å². The first-order valence-corrected chi connectivity index (χ1v) is 8.12. The molecule has 0 atom stereocenters. The predicted molar refractivity (Wildman–Crippen MR) is 77.3 cm³/mol. The van der Waals surface area contributed by atoms with Crippen molar-refractivity contribution in [2.45, 2.75) is 31.7 Å². The van der Waals surface area contributed by atoms with Crippen LogP contribution in [0.3, 0.4) is 0 Å². The monoisotopic (exact) mass is 291 g/mol. The van der Waals surface area contributed by atoms with Crippen LogP contribution < -0.4 is 4.31 Å². The maximum absolute atomic E-state index is 12.8. The standard InChI is InChI=1S/C14H17N3O2S/c1-3-16-11(2)14(10-15-16)20(18,19)17-9-8-12-6-4-5-7-13(12)17/h4-7,10H,3,8-9H2,1-2H3. The van der Waals surface area contributed by atoms with Crippen molar-refractivity contribution in [3.63, 3.8) is 0 Å². The molecular weight excluding hydrogens is 274 g/mol. The van der Waals surface area contributed by atoms with Gasteiger partial charge in [-0.1, -0.05) is 18.2 Å². The van der Waals surface area contributed by atoms with Crippen LogP contribution in [0.4, 0.5) is 5.69 Å². The minimum atomic E-state index is -3.52. The molecule has 0 bridgehead atoms. The maximum atomic E-state index is 12.8. The zero-order valence-electron chi connectivity index (χ0n) is 11.6. The molecule has 0 fully saturated rings. The van der Waals surface area contributed by atoms with Gasteiger partial charge in [-0.25, -0.2) is 8.42 Å². The fourth-order valence-electron chi connectivity index (χ4n) is 2.68. The highest BCUT2D eigenvalue weighted by Crippen LogP contribution is 2.33. The molecule has 0 spiro atoms. The molecule has 0 saturated heterocycles. The second kappa shape index (κ2) is 4.63. The third-order valence-corrected chi connectivity index (χ3v) is 5.69. The molecule has 5 nitrogen and oxygen atoms in total. The van der Waals surface area contributed by atoms with Crippen LogP contribution in [0.25, 0.3) is 0 Å². The fourth-order valence-corrected chi connectivity index (χ4v) is 4.34. The Morgan fingerprint density at radius 1 is 1.30 bits per heavy atom. The minimum Gasteiger partial charge on any atom is -0.269 e. The molecule has 0 amide bonds. The van der Waals surface area contributed by atoms with Crippen molar-refractivity contribution < 1.29 is 8.42 Å². The van der Waals surface area contributed by atoms with Crippen molar-refractivity contribution in [1.29, 1.82) is 0 Å². The van der Waals surface area contributed by atoms with Gasteiger partial charge in [0.1, 0.15) is 4.90 Å². The van der Waals surface area contributed by atoms with Gasteiger partial charge in [-0.2, -0.15) is 5.10 Å². The van der Waals surface area contributed by atoms with Gasteiger partial charge in [0, 0.05) is 13.1 Å². The number of aryl methyl sites for hydroxylation is 1. The van der Waals surface area contributed by atoms with Crippen LogP contribution in [0.5, 0.6) is 0 Å². The molecule has 20 heavy (non-hydrogen) atoms. The molecule has 1 aliphatic rings. The van der Waals surface area contributed by atoms with Crippen molar-refractivity contribution in [3.05, 3.63) is 41.7 Å². The van der Waals surface area contributed by atoms with Crippen LogP contribution in [0, 0.1) is 6.92 Å².